The maximum absolute atomic E-state index is 12.3. The van der Waals surface area contributed by atoms with E-state index < -0.39 is 6.36 Å². The van der Waals surface area contributed by atoms with Crippen molar-refractivity contribution >= 4 is 11.6 Å². The number of ether oxygens (including phenoxy) is 2. The molecule has 0 spiro atoms. The van der Waals surface area contributed by atoms with Crippen molar-refractivity contribution in [1.29, 1.82) is 0 Å². The van der Waals surface area contributed by atoms with Gasteiger partial charge in [0, 0.05) is 5.56 Å². The van der Waals surface area contributed by atoms with Crippen LogP contribution < -0.4 is 9.47 Å². The predicted molar refractivity (Wildman–Crippen MR) is 89.6 cm³/mol. The monoisotopic (exact) mass is 383 g/mol. The van der Waals surface area contributed by atoms with Gasteiger partial charge in [0.15, 0.2) is 11.6 Å². The first-order valence-corrected chi connectivity index (χ1v) is 7.95. The van der Waals surface area contributed by atoms with Gasteiger partial charge in [0.25, 0.3) is 0 Å². The molecule has 0 atom stereocenters. The van der Waals surface area contributed by atoms with Gasteiger partial charge >= 0.3 is 6.36 Å². The highest BCUT2D eigenvalue weighted by atomic mass is 35.5. The summed E-state index contributed by atoms with van der Waals surface area (Å²) in [6, 6.07) is 12.5. The van der Waals surface area contributed by atoms with Crippen LogP contribution in [0.5, 0.6) is 11.5 Å². The molecule has 9 heteroatoms. The first-order valence-electron chi connectivity index (χ1n) is 7.42. The third-order valence-corrected chi connectivity index (χ3v) is 3.67. The van der Waals surface area contributed by atoms with Crippen LogP contribution in [0.4, 0.5) is 13.2 Å². The third kappa shape index (κ3) is 4.08. The molecule has 136 valence electrons. The molecule has 0 N–H and O–H groups in total. The van der Waals surface area contributed by atoms with Crippen molar-refractivity contribution in [2.75, 3.05) is 7.11 Å². The number of aromatic nitrogens is 3. The summed E-state index contributed by atoms with van der Waals surface area (Å²) in [6.07, 6.45) is -4.74. The number of rotatable bonds is 5. The Hall–Kier alpha value is -2.74. The quantitative estimate of drug-likeness (QED) is 0.605. The Morgan fingerprint density at radius 3 is 2.15 bits per heavy atom. The minimum Gasteiger partial charge on any atom is -0.497 e. The Morgan fingerprint density at radius 1 is 1.00 bits per heavy atom. The van der Waals surface area contributed by atoms with Crippen molar-refractivity contribution in [1.82, 2.24) is 14.8 Å². The summed E-state index contributed by atoms with van der Waals surface area (Å²) in [5.41, 5.74) is 1.28. The predicted octanol–water partition coefficient (Wildman–Crippen LogP) is 4.58. The molecule has 26 heavy (non-hydrogen) atoms. The molecule has 1 heterocycles. The Bertz CT molecular complexity index is 878. The second-order valence-electron chi connectivity index (χ2n) is 5.17. The first-order chi connectivity index (χ1) is 12.4. The molecule has 0 aliphatic heterocycles. The van der Waals surface area contributed by atoms with Crippen molar-refractivity contribution in [3.63, 3.8) is 0 Å². The van der Waals surface area contributed by atoms with Gasteiger partial charge in [-0.25, -0.2) is 9.67 Å². The van der Waals surface area contributed by atoms with Crippen LogP contribution >= 0.6 is 11.6 Å². The number of hydrogen-bond acceptors (Lipinski definition) is 4. The average molecular weight is 384 g/mol. The number of nitrogens with zero attached hydrogens (tertiary/aromatic N) is 3. The van der Waals surface area contributed by atoms with Gasteiger partial charge in [0.05, 0.1) is 18.7 Å². The second-order valence-corrected chi connectivity index (χ2v) is 5.43. The molecule has 0 aliphatic carbocycles. The summed E-state index contributed by atoms with van der Waals surface area (Å²) in [4.78, 5) is 4.38. The molecular formula is C17H13ClF3N3O2. The van der Waals surface area contributed by atoms with Gasteiger partial charge in [-0.3, -0.25) is 0 Å². The Morgan fingerprint density at radius 2 is 1.62 bits per heavy atom. The molecule has 0 bridgehead atoms. The minimum atomic E-state index is -4.74. The molecule has 1 aromatic heterocycles. The minimum absolute atomic E-state index is 0.103. The lowest BCUT2D eigenvalue weighted by Gasteiger charge is -2.10. The lowest BCUT2D eigenvalue weighted by Crippen LogP contribution is -2.17. The molecule has 0 radical (unpaired) electrons. The molecule has 0 unspecified atom stereocenters. The number of hydrogen-bond donors (Lipinski definition) is 0. The largest absolute Gasteiger partial charge is 0.573 e. The zero-order valence-electron chi connectivity index (χ0n) is 13.5. The summed E-state index contributed by atoms with van der Waals surface area (Å²) >= 11 is 5.83. The van der Waals surface area contributed by atoms with E-state index in [1.54, 1.807) is 31.4 Å². The van der Waals surface area contributed by atoms with Crippen molar-refractivity contribution in [2.24, 2.45) is 0 Å². The maximum atomic E-state index is 12.3. The molecular weight excluding hydrogens is 371 g/mol. The van der Waals surface area contributed by atoms with E-state index in [2.05, 4.69) is 14.8 Å². The molecule has 2 aromatic carbocycles. The lowest BCUT2D eigenvalue weighted by atomic mass is 10.2. The normalized spacial score (nSPS) is 11.4. The Kier molecular flexibility index (Phi) is 5.03. The SMILES string of the molecule is COc1ccc(-c2nc(CCl)nn2-c2ccc(OC(F)(F)F)cc2)cc1. The van der Waals surface area contributed by atoms with Gasteiger partial charge in [-0.15, -0.1) is 29.9 Å². The molecule has 3 aromatic rings. The molecule has 0 saturated carbocycles. The highest BCUT2D eigenvalue weighted by Gasteiger charge is 2.31. The molecule has 3 rings (SSSR count). The zero-order chi connectivity index (χ0) is 18.7. The fourth-order valence-electron chi connectivity index (χ4n) is 2.31. The fourth-order valence-corrected chi connectivity index (χ4v) is 2.42. The van der Waals surface area contributed by atoms with E-state index in [1.807, 2.05) is 0 Å². The van der Waals surface area contributed by atoms with Gasteiger partial charge in [-0.1, -0.05) is 0 Å². The van der Waals surface area contributed by atoms with E-state index in [1.165, 1.54) is 28.9 Å². The van der Waals surface area contributed by atoms with Crippen LogP contribution in [0.2, 0.25) is 0 Å². The van der Waals surface area contributed by atoms with Gasteiger partial charge in [0.2, 0.25) is 0 Å². The molecule has 0 saturated heterocycles. The van der Waals surface area contributed by atoms with Crippen molar-refractivity contribution in [2.45, 2.75) is 12.2 Å². The molecule has 5 nitrogen and oxygen atoms in total. The van der Waals surface area contributed by atoms with Gasteiger partial charge in [-0.05, 0) is 48.5 Å². The summed E-state index contributed by atoms with van der Waals surface area (Å²) in [6.45, 7) is 0. The average Bonchev–Trinajstić information content (AvgIpc) is 3.05. The zero-order valence-corrected chi connectivity index (χ0v) is 14.3. The topological polar surface area (TPSA) is 49.2 Å². The van der Waals surface area contributed by atoms with E-state index in [-0.39, 0.29) is 11.6 Å². The standard InChI is InChI=1S/C17H13ClF3N3O2/c1-25-13-6-2-11(3-7-13)16-22-15(10-18)23-24(16)12-4-8-14(9-5-12)26-17(19,20)21/h2-9H,10H2,1H3. The van der Waals surface area contributed by atoms with Gasteiger partial charge in [-0.2, -0.15) is 0 Å². The highest BCUT2D eigenvalue weighted by molar-refractivity contribution is 6.16. The van der Waals surface area contributed by atoms with Crippen LogP contribution in [0.1, 0.15) is 5.82 Å². The van der Waals surface area contributed by atoms with Crippen LogP contribution in [0, 0.1) is 0 Å². The number of alkyl halides is 4. The fraction of sp³-hybridized carbons (Fsp3) is 0.176. The van der Waals surface area contributed by atoms with Crippen molar-refractivity contribution in [3.05, 3.63) is 54.4 Å². The van der Waals surface area contributed by atoms with E-state index in [4.69, 9.17) is 16.3 Å². The number of halogens is 4. The van der Waals surface area contributed by atoms with Crippen LogP contribution in [0.15, 0.2) is 48.5 Å². The number of methoxy groups -OCH3 is 1. The Labute approximate surface area is 151 Å². The maximum Gasteiger partial charge on any atom is 0.573 e. The molecule has 0 aliphatic rings. The van der Waals surface area contributed by atoms with Crippen LogP contribution in [0.3, 0.4) is 0 Å². The number of benzene rings is 2. The molecule has 0 fully saturated rings. The second kappa shape index (κ2) is 7.25. The smallest absolute Gasteiger partial charge is 0.497 e. The highest BCUT2D eigenvalue weighted by Crippen LogP contribution is 2.27. The van der Waals surface area contributed by atoms with E-state index in [9.17, 15) is 13.2 Å². The summed E-state index contributed by atoms with van der Waals surface area (Å²) in [5, 5.41) is 4.30. The van der Waals surface area contributed by atoms with Crippen molar-refractivity contribution < 1.29 is 22.6 Å². The van der Waals surface area contributed by atoms with E-state index in [0.717, 1.165) is 5.56 Å². The summed E-state index contributed by atoms with van der Waals surface area (Å²) in [5.74, 6) is 1.38. The van der Waals surface area contributed by atoms with Crippen LogP contribution in [0.25, 0.3) is 17.1 Å². The molecule has 0 amide bonds. The van der Waals surface area contributed by atoms with E-state index in [0.29, 0.717) is 23.1 Å². The van der Waals surface area contributed by atoms with Crippen LogP contribution in [-0.4, -0.2) is 28.2 Å². The van der Waals surface area contributed by atoms with Crippen LogP contribution in [-0.2, 0) is 5.88 Å². The van der Waals surface area contributed by atoms with Gasteiger partial charge < -0.3 is 9.47 Å². The van der Waals surface area contributed by atoms with Gasteiger partial charge in [0.1, 0.15) is 11.5 Å². The summed E-state index contributed by atoms with van der Waals surface area (Å²) < 4.78 is 47.4. The van der Waals surface area contributed by atoms with E-state index >= 15 is 0 Å². The summed E-state index contributed by atoms with van der Waals surface area (Å²) in [7, 11) is 1.56. The lowest BCUT2D eigenvalue weighted by molar-refractivity contribution is -0.274. The Balaban J connectivity index is 1.97. The first kappa shape index (κ1) is 18.1. The van der Waals surface area contributed by atoms with Crippen molar-refractivity contribution in [3.8, 4) is 28.6 Å². The third-order valence-electron chi connectivity index (χ3n) is 3.43.